The molecule has 0 aliphatic rings. The molecular formula is C9H19NO. The van der Waals surface area contributed by atoms with E-state index in [2.05, 4.69) is 6.92 Å². The average Bonchev–Trinajstić information content (AvgIpc) is 2.03. The Morgan fingerprint density at radius 2 is 2.09 bits per heavy atom. The third-order valence-corrected chi connectivity index (χ3v) is 1.66. The van der Waals surface area contributed by atoms with Gasteiger partial charge in [-0.1, -0.05) is 26.2 Å². The largest absolute Gasteiger partial charge is 0.373 e. The first-order valence-electron chi connectivity index (χ1n) is 4.47. The van der Waals surface area contributed by atoms with Gasteiger partial charge in [-0.25, -0.2) is 0 Å². The first kappa shape index (κ1) is 10.6. The molecule has 66 valence electrons. The number of hydrogen-bond donors (Lipinski definition) is 1. The molecule has 0 aromatic rings. The number of ether oxygens (including phenoxy) is 1. The van der Waals surface area contributed by atoms with Crippen LogP contribution in [0.5, 0.6) is 0 Å². The Labute approximate surface area is 69.5 Å². The summed E-state index contributed by atoms with van der Waals surface area (Å²) in [4.78, 5) is 0. The van der Waals surface area contributed by atoms with Crippen LogP contribution in [0.1, 0.15) is 39.5 Å². The Kier molecular flexibility index (Phi) is 7.47. The van der Waals surface area contributed by atoms with Crippen LogP contribution in [0.3, 0.4) is 0 Å². The fraction of sp³-hybridized carbons (Fsp3) is 0.889. The van der Waals surface area contributed by atoms with Crippen LogP contribution in [0.15, 0.2) is 0 Å². The maximum atomic E-state index is 7.05. The lowest BCUT2D eigenvalue weighted by Crippen LogP contribution is -2.13. The summed E-state index contributed by atoms with van der Waals surface area (Å²) in [5.41, 5.74) is 0. The fourth-order valence-electron chi connectivity index (χ4n) is 1.02. The first-order valence-corrected chi connectivity index (χ1v) is 4.47. The van der Waals surface area contributed by atoms with Gasteiger partial charge in [0.1, 0.15) is 0 Å². The summed E-state index contributed by atoms with van der Waals surface area (Å²) in [6.07, 6.45) is 6.13. The number of unbranched alkanes of at least 4 members (excludes halogenated alkanes) is 2. The summed E-state index contributed by atoms with van der Waals surface area (Å²) in [6, 6.07) is 0. The molecule has 0 radical (unpaired) electrons. The molecule has 0 saturated carbocycles. The SMILES string of the molecule is CCCCCC(C=N)OCC. The van der Waals surface area contributed by atoms with Crippen molar-refractivity contribution in [1.29, 1.82) is 5.41 Å². The predicted molar refractivity (Wildman–Crippen MR) is 48.3 cm³/mol. The Bertz CT molecular complexity index is 93.6. The van der Waals surface area contributed by atoms with Crippen LogP contribution in [-0.4, -0.2) is 18.9 Å². The normalized spacial score (nSPS) is 12.9. The van der Waals surface area contributed by atoms with Gasteiger partial charge in [0.2, 0.25) is 0 Å². The van der Waals surface area contributed by atoms with Gasteiger partial charge in [0.25, 0.3) is 0 Å². The van der Waals surface area contributed by atoms with E-state index in [-0.39, 0.29) is 6.10 Å². The van der Waals surface area contributed by atoms with E-state index in [0.717, 1.165) is 6.42 Å². The van der Waals surface area contributed by atoms with Crippen LogP contribution < -0.4 is 0 Å². The maximum absolute atomic E-state index is 7.05. The molecule has 0 bridgehead atoms. The topological polar surface area (TPSA) is 33.1 Å². The van der Waals surface area contributed by atoms with Gasteiger partial charge in [-0.2, -0.15) is 0 Å². The van der Waals surface area contributed by atoms with Gasteiger partial charge in [-0.15, -0.1) is 0 Å². The summed E-state index contributed by atoms with van der Waals surface area (Å²) < 4.78 is 5.29. The summed E-state index contributed by atoms with van der Waals surface area (Å²) in [7, 11) is 0. The van der Waals surface area contributed by atoms with Crippen LogP contribution >= 0.6 is 0 Å². The lowest BCUT2D eigenvalue weighted by molar-refractivity contribution is 0.104. The lowest BCUT2D eigenvalue weighted by Gasteiger charge is -2.10. The zero-order valence-electron chi connectivity index (χ0n) is 7.60. The average molecular weight is 157 g/mol. The van der Waals surface area contributed by atoms with Crippen LogP contribution in [0.25, 0.3) is 0 Å². The van der Waals surface area contributed by atoms with Crippen molar-refractivity contribution in [1.82, 2.24) is 0 Å². The fourth-order valence-corrected chi connectivity index (χ4v) is 1.02. The first-order chi connectivity index (χ1) is 5.35. The molecule has 2 heteroatoms. The van der Waals surface area contributed by atoms with Crippen molar-refractivity contribution in [3.05, 3.63) is 0 Å². The number of rotatable bonds is 7. The van der Waals surface area contributed by atoms with Crippen LogP contribution in [0, 0.1) is 5.41 Å². The van der Waals surface area contributed by atoms with Crippen molar-refractivity contribution < 1.29 is 4.74 Å². The van der Waals surface area contributed by atoms with Crippen LogP contribution in [0.4, 0.5) is 0 Å². The lowest BCUT2D eigenvalue weighted by atomic mass is 10.1. The molecule has 0 aromatic heterocycles. The molecule has 2 nitrogen and oxygen atoms in total. The highest BCUT2D eigenvalue weighted by atomic mass is 16.5. The molecule has 0 aromatic carbocycles. The van der Waals surface area contributed by atoms with Gasteiger partial charge in [0.15, 0.2) is 0 Å². The molecule has 0 fully saturated rings. The minimum Gasteiger partial charge on any atom is -0.373 e. The maximum Gasteiger partial charge on any atom is 0.0918 e. The minimum atomic E-state index is 0.0616. The van der Waals surface area contributed by atoms with Crippen LogP contribution in [-0.2, 0) is 4.74 Å². The van der Waals surface area contributed by atoms with E-state index in [4.69, 9.17) is 10.1 Å². The van der Waals surface area contributed by atoms with Crippen molar-refractivity contribution in [2.45, 2.75) is 45.6 Å². The van der Waals surface area contributed by atoms with Crippen molar-refractivity contribution >= 4 is 6.21 Å². The Balaban J connectivity index is 3.28. The molecule has 0 rings (SSSR count). The van der Waals surface area contributed by atoms with Crippen LogP contribution in [0.2, 0.25) is 0 Å². The molecule has 11 heavy (non-hydrogen) atoms. The second kappa shape index (κ2) is 7.73. The molecule has 0 aliphatic heterocycles. The van der Waals surface area contributed by atoms with Gasteiger partial charge in [-0.3, -0.25) is 0 Å². The van der Waals surface area contributed by atoms with E-state index in [1.165, 1.54) is 25.5 Å². The van der Waals surface area contributed by atoms with E-state index < -0.39 is 0 Å². The van der Waals surface area contributed by atoms with Gasteiger partial charge >= 0.3 is 0 Å². The molecule has 0 saturated heterocycles. The molecule has 1 atom stereocenters. The summed E-state index contributed by atoms with van der Waals surface area (Å²) in [5.74, 6) is 0. The highest BCUT2D eigenvalue weighted by Crippen LogP contribution is 2.04. The monoisotopic (exact) mass is 157 g/mol. The van der Waals surface area contributed by atoms with E-state index in [0.29, 0.717) is 6.61 Å². The molecule has 1 unspecified atom stereocenters. The molecule has 0 aliphatic carbocycles. The van der Waals surface area contributed by atoms with E-state index in [1.807, 2.05) is 6.92 Å². The second-order valence-corrected chi connectivity index (χ2v) is 2.66. The quantitative estimate of drug-likeness (QED) is 0.447. The molecule has 0 spiro atoms. The minimum absolute atomic E-state index is 0.0616. The second-order valence-electron chi connectivity index (χ2n) is 2.66. The van der Waals surface area contributed by atoms with E-state index >= 15 is 0 Å². The zero-order valence-corrected chi connectivity index (χ0v) is 7.60. The third-order valence-electron chi connectivity index (χ3n) is 1.66. The van der Waals surface area contributed by atoms with E-state index in [1.54, 1.807) is 0 Å². The van der Waals surface area contributed by atoms with Crippen molar-refractivity contribution in [3.8, 4) is 0 Å². The summed E-state index contributed by atoms with van der Waals surface area (Å²) in [6.45, 7) is 4.86. The number of hydrogen-bond acceptors (Lipinski definition) is 2. The van der Waals surface area contributed by atoms with E-state index in [9.17, 15) is 0 Å². The predicted octanol–water partition coefficient (Wildman–Crippen LogP) is 2.62. The van der Waals surface area contributed by atoms with Crippen molar-refractivity contribution in [3.63, 3.8) is 0 Å². The highest BCUT2D eigenvalue weighted by Gasteiger charge is 2.02. The van der Waals surface area contributed by atoms with Gasteiger partial charge < -0.3 is 10.1 Å². The molecular weight excluding hydrogens is 138 g/mol. The molecule has 0 heterocycles. The Hall–Kier alpha value is -0.370. The van der Waals surface area contributed by atoms with Gasteiger partial charge in [-0.05, 0) is 13.3 Å². The smallest absolute Gasteiger partial charge is 0.0918 e. The summed E-state index contributed by atoms with van der Waals surface area (Å²) in [5, 5.41) is 7.05. The standard InChI is InChI=1S/C9H19NO/c1-3-5-6-7-9(8-10)11-4-2/h8-10H,3-7H2,1-2H3. The van der Waals surface area contributed by atoms with Crippen molar-refractivity contribution in [2.24, 2.45) is 0 Å². The Morgan fingerprint density at radius 3 is 2.55 bits per heavy atom. The summed E-state index contributed by atoms with van der Waals surface area (Å²) >= 11 is 0. The Morgan fingerprint density at radius 1 is 1.36 bits per heavy atom. The zero-order chi connectivity index (χ0) is 8.53. The van der Waals surface area contributed by atoms with Gasteiger partial charge in [0.05, 0.1) is 6.10 Å². The van der Waals surface area contributed by atoms with Gasteiger partial charge in [0, 0.05) is 12.8 Å². The molecule has 0 amide bonds. The highest BCUT2D eigenvalue weighted by molar-refractivity contribution is 5.59. The van der Waals surface area contributed by atoms with Crippen molar-refractivity contribution in [2.75, 3.05) is 6.61 Å². The number of nitrogens with one attached hydrogen (secondary N) is 1. The third kappa shape index (κ3) is 6.05. The molecule has 1 N–H and O–H groups in total.